The minimum atomic E-state index is 0.881. The minimum Gasteiger partial charge on any atom is -0.334 e. The maximum atomic E-state index is 4.50. The molecule has 2 rings (SSSR count). The second-order valence-electron chi connectivity index (χ2n) is 5.42. The lowest BCUT2D eigenvalue weighted by atomic mass is 10.4. The molecule has 0 saturated heterocycles. The number of likely N-dealkylation sites (N-methyl/N-ethyl adjacent to an activating group) is 1. The fourth-order valence-electron chi connectivity index (χ4n) is 2.42. The number of aromatic nitrogens is 4. The maximum absolute atomic E-state index is 4.50. The Morgan fingerprint density at radius 1 is 1.25 bits per heavy atom. The first-order valence-corrected chi connectivity index (χ1v) is 7.29. The standard InChI is InChI=1S/C15H25N5/c1-5-7-19-8-6-16-15(19)12-18(4)9-10-20-14(3)11-13(2)17-20/h6,8,11H,5,7,9-10,12H2,1-4H3. The van der Waals surface area contributed by atoms with Crippen LogP contribution in [0.4, 0.5) is 0 Å². The topological polar surface area (TPSA) is 38.9 Å². The number of imidazole rings is 1. The van der Waals surface area contributed by atoms with Crippen LogP contribution in [0.1, 0.15) is 30.6 Å². The van der Waals surface area contributed by atoms with Gasteiger partial charge in [0.15, 0.2) is 0 Å². The summed E-state index contributed by atoms with van der Waals surface area (Å²) in [6.45, 7) is 10.2. The molecule has 0 spiro atoms. The molecule has 20 heavy (non-hydrogen) atoms. The highest BCUT2D eigenvalue weighted by atomic mass is 15.3. The van der Waals surface area contributed by atoms with Crippen molar-refractivity contribution in [3.63, 3.8) is 0 Å². The van der Waals surface area contributed by atoms with E-state index in [1.807, 2.05) is 13.1 Å². The average molecular weight is 275 g/mol. The maximum Gasteiger partial charge on any atom is 0.122 e. The van der Waals surface area contributed by atoms with Gasteiger partial charge in [0.25, 0.3) is 0 Å². The molecule has 0 amide bonds. The Labute approximate surface area is 121 Å². The van der Waals surface area contributed by atoms with Gasteiger partial charge >= 0.3 is 0 Å². The van der Waals surface area contributed by atoms with E-state index < -0.39 is 0 Å². The van der Waals surface area contributed by atoms with E-state index in [0.29, 0.717) is 0 Å². The van der Waals surface area contributed by atoms with Crippen molar-refractivity contribution in [1.82, 2.24) is 24.2 Å². The molecule has 0 fully saturated rings. The van der Waals surface area contributed by atoms with Crippen molar-refractivity contribution in [3.05, 3.63) is 35.7 Å². The Bertz CT molecular complexity index is 540. The monoisotopic (exact) mass is 275 g/mol. The number of aryl methyl sites for hydroxylation is 3. The molecule has 0 aliphatic heterocycles. The van der Waals surface area contributed by atoms with Crippen LogP contribution in [0.25, 0.3) is 0 Å². The van der Waals surface area contributed by atoms with Crippen LogP contribution in [0, 0.1) is 13.8 Å². The third-order valence-electron chi connectivity index (χ3n) is 3.47. The molecule has 2 aromatic heterocycles. The lowest BCUT2D eigenvalue weighted by molar-refractivity contribution is 0.292. The highest BCUT2D eigenvalue weighted by Gasteiger charge is 2.07. The Kier molecular flexibility index (Phi) is 4.95. The highest BCUT2D eigenvalue weighted by Crippen LogP contribution is 2.05. The fourth-order valence-corrected chi connectivity index (χ4v) is 2.42. The van der Waals surface area contributed by atoms with Crippen molar-refractivity contribution in [3.8, 4) is 0 Å². The number of rotatable bonds is 7. The molecule has 0 radical (unpaired) electrons. The third-order valence-corrected chi connectivity index (χ3v) is 3.47. The molecule has 0 saturated carbocycles. The summed E-state index contributed by atoms with van der Waals surface area (Å²) in [6, 6.07) is 2.12. The zero-order chi connectivity index (χ0) is 14.5. The van der Waals surface area contributed by atoms with E-state index in [4.69, 9.17) is 0 Å². The van der Waals surface area contributed by atoms with Gasteiger partial charge in [-0.05, 0) is 33.4 Å². The van der Waals surface area contributed by atoms with Crippen molar-refractivity contribution in [2.75, 3.05) is 13.6 Å². The molecule has 0 unspecified atom stereocenters. The van der Waals surface area contributed by atoms with E-state index in [1.54, 1.807) is 0 Å². The normalized spacial score (nSPS) is 11.4. The minimum absolute atomic E-state index is 0.881. The molecule has 5 heteroatoms. The van der Waals surface area contributed by atoms with E-state index >= 15 is 0 Å². The van der Waals surface area contributed by atoms with Crippen LogP contribution >= 0.6 is 0 Å². The molecule has 2 aromatic rings. The van der Waals surface area contributed by atoms with Crippen molar-refractivity contribution in [2.45, 2.75) is 46.8 Å². The van der Waals surface area contributed by atoms with E-state index in [0.717, 1.165) is 44.1 Å². The molecular weight excluding hydrogens is 250 g/mol. The Morgan fingerprint density at radius 2 is 2.05 bits per heavy atom. The quantitative estimate of drug-likeness (QED) is 0.778. The third kappa shape index (κ3) is 3.70. The molecule has 0 aromatic carbocycles. The largest absolute Gasteiger partial charge is 0.334 e. The molecule has 0 bridgehead atoms. The summed E-state index contributed by atoms with van der Waals surface area (Å²) in [5.41, 5.74) is 2.31. The summed E-state index contributed by atoms with van der Waals surface area (Å²) in [5.74, 6) is 1.14. The first kappa shape index (κ1) is 14.8. The zero-order valence-corrected chi connectivity index (χ0v) is 13.0. The second kappa shape index (κ2) is 6.70. The van der Waals surface area contributed by atoms with Crippen LogP contribution < -0.4 is 0 Å². The summed E-state index contributed by atoms with van der Waals surface area (Å²) in [4.78, 5) is 6.75. The summed E-state index contributed by atoms with van der Waals surface area (Å²) in [6.07, 6.45) is 5.09. The van der Waals surface area contributed by atoms with Gasteiger partial charge in [-0.25, -0.2) is 4.98 Å². The second-order valence-corrected chi connectivity index (χ2v) is 5.42. The van der Waals surface area contributed by atoms with Crippen LogP contribution in [0.3, 0.4) is 0 Å². The summed E-state index contributed by atoms with van der Waals surface area (Å²) in [7, 11) is 2.14. The number of hydrogen-bond donors (Lipinski definition) is 0. The zero-order valence-electron chi connectivity index (χ0n) is 13.0. The van der Waals surface area contributed by atoms with Gasteiger partial charge in [0, 0.05) is 31.2 Å². The summed E-state index contributed by atoms with van der Waals surface area (Å²) >= 11 is 0. The van der Waals surface area contributed by atoms with E-state index in [2.05, 4.69) is 57.4 Å². The van der Waals surface area contributed by atoms with Gasteiger partial charge in [-0.2, -0.15) is 5.10 Å². The molecular formula is C15H25N5. The SMILES string of the molecule is CCCn1ccnc1CN(C)CCn1nc(C)cc1C. The fraction of sp³-hybridized carbons (Fsp3) is 0.600. The lowest BCUT2D eigenvalue weighted by Gasteiger charge is -2.17. The molecule has 0 aliphatic rings. The molecule has 0 aliphatic carbocycles. The van der Waals surface area contributed by atoms with Gasteiger partial charge in [0.1, 0.15) is 5.82 Å². The molecule has 2 heterocycles. The number of hydrogen-bond acceptors (Lipinski definition) is 3. The van der Waals surface area contributed by atoms with Gasteiger partial charge in [0.05, 0.1) is 18.8 Å². The van der Waals surface area contributed by atoms with Crippen LogP contribution in [0.2, 0.25) is 0 Å². The lowest BCUT2D eigenvalue weighted by Crippen LogP contribution is -2.25. The predicted octanol–water partition coefficient (Wildman–Crippen LogP) is 2.24. The van der Waals surface area contributed by atoms with Crippen LogP contribution in [-0.4, -0.2) is 37.8 Å². The van der Waals surface area contributed by atoms with E-state index in [-0.39, 0.29) is 0 Å². The predicted molar refractivity (Wildman–Crippen MR) is 80.6 cm³/mol. The van der Waals surface area contributed by atoms with Gasteiger partial charge in [0.2, 0.25) is 0 Å². The van der Waals surface area contributed by atoms with Crippen molar-refractivity contribution in [1.29, 1.82) is 0 Å². The van der Waals surface area contributed by atoms with E-state index in [1.165, 1.54) is 5.69 Å². The van der Waals surface area contributed by atoms with Crippen LogP contribution in [0.15, 0.2) is 18.5 Å². The Hall–Kier alpha value is -1.62. The van der Waals surface area contributed by atoms with Crippen molar-refractivity contribution < 1.29 is 0 Å². The highest BCUT2D eigenvalue weighted by molar-refractivity contribution is 5.06. The van der Waals surface area contributed by atoms with Crippen LogP contribution in [0.5, 0.6) is 0 Å². The summed E-state index contributed by atoms with van der Waals surface area (Å²) in [5, 5.41) is 4.50. The summed E-state index contributed by atoms with van der Waals surface area (Å²) < 4.78 is 4.31. The molecule has 110 valence electrons. The van der Waals surface area contributed by atoms with E-state index in [9.17, 15) is 0 Å². The van der Waals surface area contributed by atoms with Crippen molar-refractivity contribution in [2.24, 2.45) is 0 Å². The molecule has 0 N–H and O–H groups in total. The molecule has 0 atom stereocenters. The van der Waals surface area contributed by atoms with Crippen molar-refractivity contribution >= 4 is 0 Å². The van der Waals surface area contributed by atoms with Gasteiger partial charge in [-0.3, -0.25) is 9.58 Å². The smallest absolute Gasteiger partial charge is 0.122 e. The molecule has 5 nitrogen and oxygen atoms in total. The van der Waals surface area contributed by atoms with Gasteiger partial charge in [-0.1, -0.05) is 6.92 Å². The Morgan fingerprint density at radius 3 is 2.70 bits per heavy atom. The first-order valence-electron chi connectivity index (χ1n) is 7.29. The van der Waals surface area contributed by atoms with Gasteiger partial charge < -0.3 is 4.57 Å². The van der Waals surface area contributed by atoms with Gasteiger partial charge in [-0.15, -0.1) is 0 Å². The average Bonchev–Trinajstić information content (AvgIpc) is 2.95. The number of nitrogens with zero attached hydrogens (tertiary/aromatic N) is 5. The Balaban J connectivity index is 1.87. The van der Waals surface area contributed by atoms with Crippen LogP contribution in [-0.2, 0) is 19.6 Å². The first-order chi connectivity index (χ1) is 9.60.